The summed E-state index contributed by atoms with van der Waals surface area (Å²) in [6.45, 7) is 6.06. The Hall–Kier alpha value is -1.99. The Bertz CT molecular complexity index is 936. The van der Waals surface area contributed by atoms with Gasteiger partial charge < -0.3 is 4.90 Å². The van der Waals surface area contributed by atoms with Gasteiger partial charge in [0.05, 0.1) is 38.4 Å². The van der Waals surface area contributed by atoms with Crippen LogP contribution >= 0.6 is 27.5 Å². The lowest BCUT2D eigenvalue weighted by Gasteiger charge is -2.33. The monoisotopic (exact) mass is 443 g/mol. The number of nitrogens with zero attached hydrogens (tertiary/aromatic N) is 3. The Morgan fingerprint density at radius 2 is 1.85 bits per heavy atom. The molecule has 26 heavy (non-hydrogen) atoms. The van der Waals surface area contributed by atoms with Crippen LogP contribution in [0.4, 0.5) is 13.2 Å². The maximum absolute atomic E-state index is 14.6. The van der Waals surface area contributed by atoms with Crippen molar-refractivity contribution in [3.05, 3.63) is 74.9 Å². The Kier molecular flexibility index (Phi) is 5.03. The third-order valence-corrected chi connectivity index (χ3v) is 5.01. The van der Waals surface area contributed by atoms with Gasteiger partial charge in [-0.2, -0.15) is 5.10 Å². The number of allylic oxidation sites excluding steroid dienone is 3. The molecular weight excluding hydrogens is 431 g/mol. The van der Waals surface area contributed by atoms with Gasteiger partial charge >= 0.3 is 0 Å². The number of aryl methyl sites for hydroxylation is 1. The third kappa shape index (κ3) is 2.99. The zero-order chi connectivity index (χ0) is 19.2. The topological polar surface area (TPSA) is 21.1 Å². The van der Waals surface area contributed by atoms with Gasteiger partial charge in [0.2, 0.25) is 0 Å². The standard InChI is InChI=1S/C18H14BrClF3N3/c1-4-26-9(2)13(20)7-11(17-12(19)8-24-25(17)3)18(26)16-14(22)5-10(21)6-15(16)23/h5-8H,2,4H2,1,3H3. The van der Waals surface area contributed by atoms with Crippen LogP contribution in [0.2, 0.25) is 0 Å². The Balaban J connectivity index is 2.44. The highest BCUT2D eigenvalue weighted by Gasteiger charge is 2.31. The number of likely N-dealkylation sites (N-methyl/N-ethyl adjacent to an activating group) is 1. The van der Waals surface area contributed by atoms with E-state index in [0.717, 1.165) is 0 Å². The molecule has 0 saturated carbocycles. The lowest BCUT2D eigenvalue weighted by atomic mass is 9.97. The predicted molar refractivity (Wildman–Crippen MR) is 99.5 cm³/mol. The van der Waals surface area contributed by atoms with Crippen LogP contribution in [0.25, 0.3) is 11.3 Å². The van der Waals surface area contributed by atoms with Gasteiger partial charge in [-0.15, -0.1) is 0 Å². The number of rotatable bonds is 3. The zero-order valence-electron chi connectivity index (χ0n) is 14.0. The van der Waals surface area contributed by atoms with Crippen LogP contribution in [0, 0.1) is 17.5 Å². The van der Waals surface area contributed by atoms with Gasteiger partial charge in [-0.1, -0.05) is 18.2 Å². The van der Waals surface area contributed by atoms with Gasteiger partial charge in [0.1, 0.15) is 17.5 Å². The summed E-state index contributed by atoms with van der Waals surface area (Å²) in [6, 6.07) is 1.30. The van der Waals surface area contributed by atoms with E-state index in [-0.39, 0.29) is 11.3 Å². The summed E-state index contributed by atoms with van der Waals surface area (Å²) < 4.78 is 44.8. The highest BCUT2D eigenvalue weighted by Crippen LogP contribution is 2.43. The Labute approximate surface area is 162 Å². The predicted octanol–water partition coefficient (Wildman–Crippen LogP) is 5.44. The van der Waals surface area contributed by atoms with Crippen molar-refractivity contribution in [2.24, 2.45) is 7.05 Å². The number of aromatic nitrogens is 2. The average molecular weight is 445 g/mol. The van der Waals surface area contributed by atoms with Crippen LogP contribution in [0.1, 0.15) is 18.2 Å². The molecule has 0 bridgehead atoms. The number of hydrogen-bond acceptors (Lipinski definition) is 2. The summed E-state index contributed by atoms with van der Waals surface area (Å²) in [7, 11) is 1.70. The van der Waals surface area contributed by atoms with Gasteiger partial charge in [0.15, 0.2) is 0 Å². The zero-order valence-corrected chi connectivity index (χ0v) is 16.3. The van der Waals surface area contributed by atoms with E-state index in [1.54, 1.807) is 35.8 Å². The normalized spacial score (nSPS) is 15.0. The molecule has 0 fully saturated rings. The molecule has 0 saturated heterocycles. The van der Waals surface area contributed by atoms with Crippen molar-refractivity contribution in [2.45, 2.75) is 6.92 Å². The fourth-order valence-electron chi connectivity index (χ4n) is 2.97. The fraction of sp³-hybridized carbons (Fsp3) is 0.167. The van der Waals surface area contributed by atoms with Gasteiger partial charge in [-0.05, 0) is 28.9 Å². The van der Waals surface area contributed by atoms with Crippen molar-refractivity contribution in [2.75, 3.05) is 6.54 Å². The summed E-state index contributed by atoms with van der Waals surface area (Å²) in [5, 5.41) is 4.48. The van der Waals surface area contributed by atoms with Crippen molar-refractivity contribution in [1.82, 2.24) is 14.7 Å². The molecule has 1 aliphatic rings. The summed E-state index contributed by atoms with van der Waals surface area (Å²) >= 11 is 9.71. The second kappa shape index (κ2) is 6.96. The van der Waals surface area contributed by atoms with Gasteiger partial charge in [0.25, 0.3) is 0 Å². The van der Waals surface area contributed by atoms with E-state index >= 15 is 0 Å². The lowest BCUT2D eigenvalue weighted by molar-refractivity contribution is 0.499. The summed E-state index contributed by atoms with van der Waals surface area (Å²) in [5.41, 5.74) is 1.28. The number of benzene rings is 1. The van der Waals surface area contributed by atoms with Crippen LogP contribution < -0.4 is 0 Å². The maximum atomic E-state index is 14.6. The molecule has 1 aromatic carbocycles. The first-order chi connectivity index (χ1) is 12.3. The SMILES string of the molecule is C=C1C(Cl)=CC(c2c(Br)cnn2C)=C(c2c(F)cc(F)cc2F)N1CC. The third-order valence-electron chi connectivity index (χ3n) is 4.11. The fourth-order valence-corrected chi connectivity index (χ4v) is 3.74. The number of hydrogen-bond donors (Lipinski definition) is 0. The highest BCUT2D eigenvalue weighted by molar-refractivity contribution is 9.10. The van der Waals surface area contributed by atoms with Crippen molar-refractivity contribution in [3.8, 4) is 0 Å². The second-order valence-corrected chi connectivity index (χ2v) is 6.92. The first-order valence-electron chi connectivity index (χ1n) is 7.67. The Morgan fingerprint density at radius 3 is 2.35 bits per heavy atom. The van der Waals surface area contributed by atoms with E-state index in [1.165, 1.54) is 0 Å². The minimum atomic E-state index is -1.01. The van der Waals surface area contributed by atoms with E-state index in [2.05, 4.69) is 27.6 Å². The van der Waals surface area contributed by atoms with E-state index in [4.69, 9.17) is 11.6 Å². The Morgan fingerprint density at radius 1 is 1.23 bits per heavy atom. The van der Waals surface area contributed by atoms with Gasteiger partial charge in [0, 0.05) is 31.3 Å². The molecule has 0 radical (unpaired) electrons. The first kappa shape index (κ1) is 18.8. The molecule has 0 aliphatic carbocycles. The minimum Gasteiger partial charge on any atom is -0.340 e. The molecule has 0 N–H and O–H groups in total. The van der Waals surface area contributed by atoms with E-state index < -0.39 is 17.5 Å². The largest absolute Gasteiger partial charge is 0.340 e. The molecule has 1 aromatic heterocycles. The van der Waals surface area contributed by atoms with Gasteiger partial charge in [-0.3, -0.25) is 4.68 Å². The number of halogens is 5. The molecule has 0 atom stereocenters. The molecule has 3 nitrogen and oxygen atoms in total. The van der Waals surface area contributed by atoms with Crippen molar-refractivity contribution < 1.29 is 13.2 Å². The molecule has 3 rings (SSSR count). The van der Waals surface area contributed by atoms with E-state index in [9.17, 15) is 13.2 Å². The molecule has 2 aromatic rings. The average Bonchev–Trinajstić information content (AvgIpc) is 2.89. The van der Waals surface area contributed by atoms with Crippen LogP contribution in [0.15, 0.2) is 46.2 Å². The molecule has 0 spiro atoms. The summed E-state index contributed by atoms with van der Waals surface area (Å²) in [6.07, 6.45) is 3.15. The van der Waals surface area contributed by atoms with Crippen molar-refractivity contribution >= 4 is 38.8 Å². The van der Waals surface area contributed by atoms with E-state index in [0.29, 0.717) is 45.1 Å². The lowest BCUT2D eigenvalue weighted by Crippen LogP contribution is -2.26. The van der Waals surface area contributed by atoms with Gasteiger partial charge in [-0.25, -0.2) is 13.2 Å². The van der Waals surface area contributed by atoms with Crippen LogP contribution in [-0.4, -0.2) is 21.2 Å². The quantitative estimate of drug-likeness (QED) is 0.628. The smallest absolute Gasteiger partial charge is 0.138 e. The molecule has 8 heteroatoms. The molecule has 2 heterocycles. The molecule has 0 amide bonds. The van der Waals surface area contributed by atoms with Crippen LogP contribution in [-0.2, 0) is 7.05 Å². The maximum Gasteiger partial charge on any atom is 0.138 e. The molecule has 136 valence electrons. The van der Waals surface area contributed by atoms with Crippen molar-refractivity contribution in [1.29, 1.82) is 0 Å². The van der Waals surface area contributed by atoms with Crippen LogP contribution in [0.3, 0.4) is 0 Å². The summed E-state index contributed by atoms with van der Waals surface area (Å²) in [4.78, 5) is 1.59. The first-order valence-corrected chi connectivity index (χ1v) is 8.84. The minimum absolute atomic E-state index is 0.209. The second-order valence-electron chi connectivity index (χ2n) is 5.65. The highest BCUT2D eigenvalue weighted by atomic mass is 79.9. The van der Waals surface area contributed by atoms with Crippen molar-refractivity contribution in [3.63, 3.8) is 0 Å². The molecular formula is C18H14BrClF3N3. The molecule has 0 unspecified atom stereocenters. The van der Waals surface area contributed by atoms with Crippen LogP contribution in [0.5, 0.6) is 0 Å². The summed E-state index contributed by atoms with van der Waals surface area (Å²) in [5.74, 6) is -3.00. The molecule has 1 aliphatic heterocycles. The van der Waals surface area contributed by atoms with E-state index in [1.807, 2.05) is 0 Å².